The smallest absolute Gasteiger partial charge is 0.322 e. The Balaban J connectivity index is 2.22. The lowest BCUT2D eigenvalue weighted by atomic mass is 9.92. The van der Waals surface area contributed by atoms with Crippen LogP contribution in [0.5, 0.6) is 0 Å². The fourth-order valence-corrected chi connectivity index (χ4v) is 2.73. The number of hydrogen-bond donors (Lipinski definition) is 2. The van der Waals surface area contributed by atoms with E-state index >= 15 is 0 Å². The highest BCUT2D eigenvalue weighted by molar-refractivity contribution is 6.18. The Bertz CT molecular complexity index is 530. The fourth-order valence-electron chi connectivity index (χ4n) is 2.33. The highest BCUT2D eigenvalue weighted by atomic mass is 35.5. The molecule has 7 heteroatoms. The molecule has 1 aliphatic rings. The molecule has 2 rings (SSSR count). The zero-order valence-corrected chi connectivity index (χ0v) is 13.2. The number of urea groups is 1. The second kappa shape index (κ2) is 6.54. The van der Waals surface area contributed by atoms with Crippen molar-refractivity contribution in [2.45, 2.75) is 12.5 Å². The summed E-state index contributed by atoms with van der Waals surface area (Å²) in [7, 11) is 0. The molecule has 1 aromatic rings. The van der Waals surface area contributed by atoms with Gasteiger partial charge in [0.25, 0.3) is 5.91 Å². The molecule has 1 heterocycles. The third-order valence-electron chi connectivity index (χ3n) is 3.56. The Morgan fingerprint density at radius 3 is 2.10 bits per heavy atom. The zero-order chi connectivity index (χ0) is 15.5. The predicted octanol–water partition coefficient (Wildman–Crippen LogP) is 2.03. The Labute approximate surface area is 133 Å². The van der Waals surface area contributed by atoms with Gasteiger partial charge in [-0.25, -0.2) is 4.79 Å². The Morgan fingerprint density at radius 2 is 1.67 bits per heavy atom. The SMILES string of the molecule is CC1(c2ccc(N(CCCl)CCCl)cc2)NC(=O)NC1=O. The minimum atomic E-state index is -1.03. The number of imide groups is 1. The number of anilines is 1. The van der Waals surface area contributed by atoms with Crippen LogP contribution in [0.25, 0.3) is 0 Å². The molecular weight excluding hydrogens is 313 g/mol. The number of rotatable bonds is 6. The van der Waals surface area contributed by atoms with Crippen LogP contribution in [0.15, 0.2) is 24.3 Å². The van der Waals surface area contributed by atoms with Gasteiger partial charge in [-0.1, -0.05) is 12.1 Å². The molecule has 114 valence electrons. The van der Waals surface area contributed by atoms with Gasteiger partial charge in [0.2, 0.25) is 0 Å². The van der Waals surface area contributed by atoms with Gasteiger partial charge in [0, 0.05) is 30.5 Å². The summed E-state index contributed by atoms with van der Waals surface area (Å²) < 4.78 is 0. The number of hydrogen-bond acceptors (Lipinski definition) is 3. The Hall–Kier alpha value is -1.46. The number of carbonyl (C=O) groups excluding carboxylic acids is 2. The summed E-state index contributed by atoms with van der Waals surface area (Å²) in [5, 5.41) is 4.89. The van der Waals surface area contributed by atoms with Crippen molar-refractivity contribution in [2.75, 3.05) is 29.7 Å². The van der Waals surface area contributed by atoms with Gasteiger partial charge in [0.15, 0.2) is 0 Å². The van der Waals surface area contributed by atoms with Crippen molar-refractivity contribution in [1.29, 1.82) is 0 Å². The van der Waals surface area contributed by atoms with Gasteiger partial charge >= 0.3 is 6.03 Å². The zero-order valence-electron chi connectivity index (χ0n) is 11.7. The minimum Gasteiger partial charge on any atom is -0.369 e. The summed E-state index contributed by atoms with van der Waals surface area (Å²) in [6, 6.07) is 6.98. The van der Waals surface area contributed by atoms with Gasteiger partial charge in [-0.15, -0.1) is 23.2 Å². The number of nitrogens with one attached hydrogen (secondary N) is 2. The quantitative estimate of drug-likeness (QED) is 0.620. The first-order valence-electron chi connectivity index (χ1n) is 6.62. The molecule has 0 saturated carbocycles. The molecule has 0 radical (unpaired) electrons. The van der Waals surface area contributed by atoms with Gasteiger partial charge < -0.3 is 10.2 Å². The lowest BCUT2D eigenvalue weighted by molar-refractivity contribution is -0.123. The van der Waals surface area contributed by atoms with E-state index < -0.39 is 11.6 Å². The topological polar surface area (TPSA) is 61.4 Å². The molecule has 0 aromatic heterocycles. The summed E-state index contributed by atoms with van der Waals surface area (Å²) in [6.07, 6.45) is 0. The van der Waals surface area contributed by atoms with Crippen LogP contribution < -0.4 is 15.5 Å². The maximum absolute atomic E-state index is 11.9. The largest absolute Gasteiger partial charge is 0.369 e. The number of amides is 3. The lowest BCUT2D eigenvalue weighted by Gasteiger charge is -2.25. The molecule has 1 fully saturated rings. The van der Waals surface area contributed by atoms with Gasteiger partial charge in [-0.3, -0.25) is 10.1 Å². The van der Waals surface area contributed by atoms with E-state index in [-0.39, 0.29) is 5.91 Å². The fraction of sp³-hybridized carbons (Fsp3) is 0.429. The van der Waals surface area contributed by atoms with E-state index in [2.05, 4.69) is 15.5 Å². The van der Waals surface area contributed by atoms with Crippen molar-refractivity contribution in [3.05, 3.63) is 29.8 Å². The molecule has 1 unspecified atom stereocenters. The molecule has 1 atom stereocenters. The first kappa shape index (κ1) is 15.9. The summed E-state index contributed by atoms with van der Waals surface area (Å²) >= 11 is 11.6. The summed E-state index contributed by atoms with van der Waals surface area (Å²) in [4.78, 5) is 25.3. The van der Waals surface area contributed by atoms with Crippen LogP contribution in [0.4, 0.5) is 10.5 Å². The van der Waals surface area contributed by atoms with Crippen LogP contribution >= 0.6 is 23.2 Å². The number of nitrogens with zero attached hydrogens (tertiary/aromatic N) is 1. The third-order valence-corrected chi connectivity index (χ3v) is 3.90. The Kier molecular flexibility index (Phi) is 4.96. The summed E-state index contributed by atoms with van der Waals surface area (Å²) in [5.74, 6) is 0.669. The van der Waals surface area contributed by atoms with Crippen molar-refractivity contribution in [1.82, 2.24) is 10.6 Å². The molecular formula is C14H17Cl2N3O2. The number of alkyl halides is 2. The highest BCUT2D eigenvalue weighted by Gasteiger charge is 2.43. The second-order valence-corrected chi connectivity index (χ2v) is 5.70. The molecule has 3 amide bonds. The maximum Gasteiger partial charge on any atom is 0.322 e. The van der Waals surface area contributed by atoms with Crippen molar-refractivity contribution in [3.8, 4) is 0 Å². The molecule has 21 heavy (non-hydrogen) atoms. The van der Waals surface area contributed by atoms with Gasteiger partial charge in [-0.05, 0) is 24.6 Å². The molecule has 1 saturated heterocycles. The molecule has 0 aliphatic carbocycles. The molecule has 0 bridgehead atoms. The van der Waals surface area contributed by atoms with Crippen molar-refractivity contribution < 1.29 is 9.59 Å². The number of carbonyl (C=O) groups is 2. The minimum absolute atomic E-state index is 0.348. The van der Waals surface area contributed by atoms with Crippen LogP contribution in [-0.4, -0.2) is 36.8 Å². The first-order valence-corrected chi connectivity index (χ1v) is 7.69. The van der Waals surface area contributed by atoms with E-state index in [0.29, 0.717) is 24.8 Å². The van der Waals surface area contributed by atoms with E-state index in [9.17, 15) is 9.59 Å². The van der Waals surface area contributed by atoms with Crippen LogP contribution in [-0.2, 0) is 10.3 Å². The Morgan fingerprint density at radius 1 is 1.10 bits per heavy atom. The second-order valence-electron chi connectivity index (χ2n) is 4.95. The van der Waals surface area contributed by atoms with E-state index in [1.807, 2.05) is 24.3 Å². The van der Waals surface area contributed by atoms with Gasteiger partial charge in [0.05, 0.1) is 0 Å². The lowest BCUT2D eigenvalue weighted by Crippen LogP contribution is -2.40. The van der Waals surface area contributed by atoms with E-state index in [4.69, 9.17) is 23.2 Å². The molecule has 5 nitrogen and oxygen atoms in total. The standard InChI is InChI=1S/C14H17Cl2N3O2/c1-14(12(20)17-13(21)18-14)10-2-4-11(5-3-10)19(8-6-15)9-7-16/h2-5H,6-9H2,1H3,(H2,17,18,20,21). The number of benzene rings is 1. The van der Waals surface area contributed by atoms with Crippen LogP contribution in [0.3, 0.4) is 0 Å². The van der Waals surface area contributed by atoms with Crippen molar-refractivity contribution in [3.63, 3.8) is 0 Å². The molecule has 0 spiro atoms. The molecule has 2 N–H and O–H groups in total. The number of halogens is 2. The van der Waals surface area contributed by atoms with E-state index in [0.717, 1.165) is 11.3 Å². The summed E-state index contributed by atoms with van der Waals surface area (Å²) in [6.45, 7) is 3.07. The van der Waals surface area contributed by atoms with Crippen LogP contribution in [0, 0.1) is 0 Å². The predicted molar refractivity (Wildman–Crippen MR) is 84.1 cm³/mol. The van der Waals surface area contributed by atoms with Crippen molar-refractivity contribution in [2.24, 2.45) is 0 Å². The van der Waals surface area contributed by atoms with Crippen LogP contribution in [0.1, 0.15) is 12.5 Å². The monoisotopic (exact) mass is 329 g/mol. The van der Waals surface area contributed by atoms with Gasteiger partial charge in [0.1, 0.15) is 5.54 Å². The molecule has 1 aromatic carbocycles. The van der Waals surface area contributed by atoms with Gasteiger partial charge in [-0.2, -0.15) is 0 Å². The molecule has 1 aliphatic heterocycles. The average molecular weight is 330 g/mol. The van der Waals surface area contributed by atoms with E-state index in [1.165, 1.54) is 0 Å². The maximum atomic E-state index is 11.9. The summed E-state index contributed by atoms with van der Waals surface area (Å²) in [5.41, 5.74) is 0.680. The van der Waals surface area contributed by atoms with E-state index in [1.54, 1.807) is 6.92 Å². The normalized spacial score (nSPS) is 21.1. The first-order chi connectivity index (χ1) is 10.0. The van der Waals surface area contributed by atoms with Crippen molar-refractivity contribution >= 4 is 40.8 Å². The van der Waals surface area contributed by atoms with Crippen LogP contribution in [0.2, 0.25) is 0 Å². The average Bonchev–Trinajstić information content (AvgIpc) is 2.73. The third kappa shape index (κ3) is 3.24. The highest BCUT2D eigenvalue weighted by Crippen LogP contribution is 2.26.